The van der Waals surface area contributed by atoms with Gasteiger partial charge in [-0.05, 0) is 67.6 Å². The number of esters is 2. The largest absolute Gasteiger partial charge is 0.493 e. The van der Waals surface area contributed by atoms with Crippen LogP contribution in [0.1, 0.15) is 64.3 Å². The molecule has 0 heterocycles. The number of nitrogens with one attached hydrogen (secondary N) is 2. The molecule has 44 heavy (non-hydrogen) atoms. The van der Waals surface area contributed by atoms with E-state index in [1.54, 1.807) is 54.6 Å². The van der Waals surface area contributed by atoms with Gasteiger partial charge in [-0.25, -0.2) is 9.59 Å². The number of amides is 2. The minimum absolute atomic E-state index is 0.131. The number of ether oxygens (including phenoxy) is 5. The number of hydrogen-bond acceptors (Lipinski definition) is 9. The maximum atomic E-state index is 13.4. The van der Waals surface area contributed by atoms with Gasteiger partial charge in [-0.1, -0.05) is 36.8 Å². The highest BCUT2D eigenvalue weighted by Gasteiger charge is 2.48. The number of hydrogen-bond donors (Lipinski definition) is 2. The molecule has 3 aromatic carbocycles. The first-order valence-corrected chi connectivity index (χ1v) is 14.2. The van der Waals surface area contributed by atoms with E-state index in [1.165, 1.54) is 27.4 Å². The van der Waals surface area contributed by atoms with Crippen molar-refractivity contribution in [3.05, 3.63) is 83.4 Å². The summed E-state index contributed by atoms with van der Waals surface area (Å²) in [7, 11) is 4.32. The molecule has 0 radical (unpaired) electrons. The topological polar surface area (TPSA) is 138 Å². The van der Waals surface area contributed by atoms with Gasteiger partial charge in [0.1, 0.15) is 23.1 Å². The van der Waals surface area contributed by atoms with Crippen LogP contribution in [-0.4, -0.2) is 57.9 Å². The molecule has 232 valence electrons. The molecule has 0 bridgehead atoms. The maximum absolute atomic E-state index is 13.4. The molecular weight excluding hydrogens is 568 g/mol. The van der Waals surface area contributed by atoms with Gasteiger partial charge in [0, 0.05) is 0 Å². The molecule has 4 rings (SSSR count). The fourth-order valence-corrected chi connectivity index (χ4v) is 5.80. The van der Waals surface area contributed by atoms with Crippen LogP contribution in [0.25, 0.3) is 0 Å². The average molecular weight is 605 g/mol. The Bertz CT molecular complexity index is 1430. The molecule has 1 unspecified atom stereocenters. The van der Waals surface area contributed by atoms with E-state index >= 15 is 0 Å². The molecular formula is C33H36N2O9. The van der Waals surface area contributed by atoms with Gasteiger partial charge in [-0.3, -0.25) is 9.59 Å². The third-order valence-electron chi connectivity index (χ3n) is 7.77. The average Bonchev–Trinajstić information content (AvgIpc) is 3.05. The number of rotatable bonds is 14. The molecule has 1 saturated carbocycles. The van der Waals surface area contributed by atoms with Gasteiger partial charge in [0.2, 0.25) is 18.6 Å². The van der Waals surface area contributed by atoms with Crippen molar-refractivity contribution in [2.24, 2.45) is 0 Å². The van der Waals surface area contributed by atoms with Gasteiger partial charge in [-0.2, -0.15) is 0 Å². The normalized spacial score (nSPS) is 14.5. The van der Waals surface area contributed by atoms with E-state index in [0.29, 0.717) is 42.5 Å². The number of methoxy groups -OCH3 is 3. The Morgan fingerprint density at radius 3 is 1.95 bits per heavy atom. The molecule has 3 aromatic rings. The quantitative estimate of drug-likeness (QED) is 0.119. The summed E-state index contributed by atoms with van der Waals surface area (Å²) in [5, 5.41) is 5.37. The standard InChI is InChI=1S/C33H36N2O9/c1-40-26-17-16-25(28(41-2)29(26)42-3)32(39)43-24-14-12-22(13-15-24)27(30(34-20-36)35-21-37)33(18-8-5-9-19-33)44-31(38)23-10-6-4-7-11-23/h4,6-7,10-17,20-21,27,30H,5,8-9,18-19H2,1-3H3,(H,34,36)(H,35,37). The van der Waals surface area contributed by atoms with Crippen LogP contribution in [0.4, 0.5) is 0 Å². The van der Waals surface area contributed by atoms with Crippen LogP contribution < -0.4 is 29.6 Å². The molecule has 1 atom stereocenters. The van der Waals surface area contributed by atoms with E-state index in [4.69, 9.17) is 23.7 Å². The van der Waals surface area contributed by atoms with E-state index in [1.807, 2.05) is 6.07 Å². The first-order chi connectivity index (χ1) is 21.4. The summed E-state index contributed by atoms with van der Waals surface area (Å²) in [6, 6.07) is 18.4. The lowest BCUT2D eigenvalue weighted by atomic mass is 9.71. The SMILES string of the molecule is COc1ccc(C(=O)Oc2ccc(C(C(NC=O)NC=O)C3(OC(=O)c4ccccc4)CCCCC3)cc2)c(OC)c1OC. The first kappa shape index (κ1) is 31.9. The van der Waals surface area contributed by atoms with Crippen molar-refractivity contribution < 1.29 is 42.9 Å². The van der Waals surface area contributed by atoms with Crippen molar-refractivity contribution in [3.8, 4) is 23.0 Å². The molecule has 2 N–H and O–H groups in total. The van der Waals surface area contributed by atoms with Gasteiger partial charge < -0.3 is 34.3 Å². The molecule has 0 aromatic heterocycles. The number of carbonyl (C=O) groups is 4. The monoisotopic (exact) mass is 604 g/mol. The highest BCUT2D eigenvalue weighted by molar-refractivity contribution is 5.95. The Kier molecular flexibility index (Phi) is 10.8. The summed E-state index contributed by atoms with van der Waals surface area (Å²) >= 11 is 0. The molecule has 11 heteroatoms. The second kappa shape index (κ2) is 14.9. The van der Waals surface area contributed by atoms with Gasteiger partial charge in [0.25, 0.3) is 0 Å². The highest BCUT2D eigenvalue weighted by atomic mass is 16.6. The fraction of sp³-hybridized carbons (Fsp3) is 0.333. The zero-order valence-corrected chi connectivity index (χ0v) is 24.9. The minimum Gasteiger partial charge on any atom is -0.493 e. The van der Waals surface area contributed by atoms with Crippen LogP contribution >= 0.6 is 0 Å². The first-order valence-electron chi connectivity index (χ1n) is 14.2. The Balaban J connectivity index is 1.68. The molecule has 1 aliphatic carbocycles. The molecule has 0 spiro atoms. The van der Waals surface area contributed by atoms with Gasteiger partial charge in [-0.15, -0.1) is 0 Å². The van der Waals surface area contributed by atoms with Crippen LogP contribution in [0.15, 0.2) is 66.7 Å². The molecule has 2 amide bonds. The van der Waals surface area contributed by atoms with Crippen LogP contribution in [0.3, 0.4) is 0 Å². The van der Waals surface area contributed by atoms with E-state index < -0.39 is 29.6 Å². The Hall–Kier alpha value is -5.06. The van der Waals surface area contributed by atoms with Crippen LogP contribution in [0, 0.1) is 0 Å². The van der Waals surface area contributed by atoms with E-state index in [0.717, 1.165) is 19.3 Å². The highest BCUT2D eigenvalue weighted by Crippen LogP contribution is 2.45. The predicted molar refractivity (Wildman–Crippen MR) is 160 cm³/mol. The molecule has 0 aliphatic heterocycles. The summed E-state index contributed by atoms with van der Waals surface area (Å²) in [4.78, 5) is 49.8. The fourth-order valence-electron chi connectivity index (χ4n) is 5.80. The van der Waals surface area contributed by atoms with Crippen molar-refractivity contribution in [1.82, 2.24) is 10.6 Å². The smallest absolute Gasteiger partial charge is 0.347 e. The summed E-state index contributed by atoms with van der Waals surface area (Å²) < 4.78 is 28.0. The van der Waals surface area contributed by atoms with Crippen molar-refractivity contribution in [3.63, 3.8) is 0 Å². The van der Waals surface area contributed by atoms with Crippen molar-refractivity contribution in [2.75, 3.05) is 21.3 Å². The van der Waals surface area contributed by atoms with Crippen molar-refractivity contribution in [1.29, 1.82) is 0 Å². The second-order valence-electron chi connectivity index (χ2n) is 10.2. The summed E-state index contributed by atoms with van der Waals surface area (Å²) in [6.45, 7) is 0. The van der Waals surface area contributed by atoms with Crippen LogP contribution in [-0.2, 0) is 14.3 Å². The second-order valence-corrected chi connectivity index (χ2v) is 10.2. The third kappa shape index (κ3) is 6.94. The molecule has 1 aliphatic rings. The van der Waals surface area contributed by atoms with E-state index in [2.05, 4.69) is 10.6 Å². The Morgan fingerprint density at radius 2 is 1.39 bits per heavy atom. The summed E-state index contributed by atoms with van der Waals surface area (Å²) in [5.41, 5.74) is 0.136. The zero-order valence-electron chi connectivity index (χ0n) is 24.9. The minimum atomic E-state index is -1.05. The predicted octanol–water partition coefficient (Wildman–Crippen LogP) is 4.39. The summed E-state index contributed by atoms with van der Waals surface area (Å²) in [6.07, 6.45) is 3.67. The summed E-state index contributed by atoms with van der Waals surface area (Å²) in [5.74, 6) is -0.808. The lowest BCUT2D eigenvalue weighted by Crippen LogP contribution is -2.56. The molecule has 0 saturated heterocycles. The third-order valence-corrected chi connectivity index (χ3v) is 7.77. The van der Waals surface area contributed by atoms with Crippen LogP contribution in [0.5, 0.6) is 23.0 Å². The van der Waals surface area contributed by atoms with Gasteiger partial charge in [0.05, 0.1) is 32.8 Å². The van der Waals surface area contributed by atoms with Crippen molar-refractivity contribution >= 4 is 24.8 Å². The van der Waals surface area contributed by atoms with Crippen molar-refractivity contribution in [2.45, 2.75) is 49.8 Å². The Morgan fingerprint density at radius 1 is 0.750 bits per heavy atom. The Labute approximate surface area is 255 Å². The maximum Gasteiger partial charge on any atom is 0.347 e. The lowest BCUT2D eigenvalue weighted by molar-refractivity contribution is -0.114. The number of carbonyl (C=O) groups excluding carboxylic acids is 4. The number of benzene rings is 3. The molecule has 1 fully saturated rings. The zero-order chi connectivity index (χ0) is 31.5. The van der Waals surface area contributed by atoms with Crippen LogP contribution in [0.2, 0.25) is 0 Å². The van der Waals surface area contributed by atoms with E-state index in [9.17, 15) is 19.2 Å². The molecule has 11 nitrogen and oxygen atoms in total. The van der Waals surface area contributed by atoms with E-state index in [-0.39, 0.29) is 22.8 Å². The van der Waals surface area contributed by atoms with Gasteiger partial charge >= 0.3 is 11.9 Å². The lowest BCUT2D eigenvalue weighted by Gasteiger charge is -2.45. The van der Waals surface area contributed by atoms with Gasteiger partial charge in [0.15, 0.2) is 11.5 Å².